The van der Waals surface area contributed by atoms with Gasteiger partial charge in [-0.1, -0.05) is 13.8 Å². The van der Waals surface area contributed by atoms with Gasteiger partial charge in [-0.15, -0.1) is 11.3 Å². The van der Waals surface area contributed by atoms with Crippen molar-refractivity contribution in [1.82, 2.24) is 0 Å². The van der Waals surface area contributed by atoms with Crippen LogP contribution in [0.25, 0.3) is 0 Å². The van der Waals surface area contributed by atoms with Gasteiger partial charge in [0, 0.05) is 0 Å². The van der Waals surface area contributed by atoms with E-state index in [1.165, 1.54) is 11.3 Å². The van der Waals surface area contributed by atoms with Gasteiger partial charge >= 0.3 is 5.97 Å². The van der Waals surface area contributed by atoms with Crippen molar-refractivity contribution in [2.45, 2.75) is 26.7 Å². The second-order valence-corrected chi connectivity index (χ2v) is 4.22. The third-order valence-corrected chi connectivity index (χ3v) is 2.78. The van der Waals surface area contributed by atoms with Crippen molar-refractivity contribution >= 4 is 22.3 Å². The van der Waals surface area contributed by atoms with Crippen molar-refractivity contribution in [3.8, 4) is 0 Å². The SMILES string of the molecule is CCOC(=O)c1c(C(C)C)csc1N. The van der Waals surface area contributed by atoms with Gasteiger partial charge in [0.25, 0.3) is 0 Å². The molecule has 1 rings (SSSR count). The molecule has 0 amide bonds. The summed E-state index contributed by atoms with van der Waals surface area (Å²) in [5.74, 6) is -0.0158. The Morgan fingerprint density at radius 2 is 2.29 bits per heavy atom. The van der Waals surface area contributed by atoms with Crippen LogP contribution in [0.15, 0.2) is 5.38 Å². The molecule has 0 saturated carbocycles. The summed E-state index contributed by atoms with van der Waals surface area (Å²) >= 11 is 1.39. The molecule has 0 radical (unpaired) electrons. The monoisotopic (exact) mass is 213 g/mol. The molecular weight excluding hydrogens is 198 g/mol. The molecular formula is C10H15NO2S. The van der Waals surface area contributed by atoms with Crippen LogP contribution < -0.4 is 5.73 Å². The van der Waals surface area contributed by atoms with E-state index in [-0.39, 0.29) is 5.97 Å². The molecule has 0 bridgehead atoms. The number of ether oxygens (including phenoxy) is 1. The first-order valence-electron chi connectivity index (χ1n) is 4.61. The summed E-state index contributed by atoms with van der Waals surface area (Å²) in [6, 6.07) is 0. The predicted octanol–water partition coefficient (Wildman–Crippen LogP) is 2.63. The van der Waals surface area contributed by atoms with Crippen LogP contribution >= 0.6 is 11.3 Å². The lowest BCUT2D eigenvalue weighted by atomic mass is 10.0. The summed E-state index contributed by atoms with van der Waals surface area (Å²) in [4.78, 5) is 11.6. The van der Waals surface area contributed by atoms with Gasteiger partial charge in [-0.25, -0.2) is 4.79 Å². The normalized spacial score (nSPS) is 10.6. The molecule has 1 aromatic rings. The molecule has 0 saturated heterocycles. The zero-order chi connectivity index (χ0) is 10.7. The highest BCUT2D eigenvalue weighted by molar-refractivity contribution is 7.14. The minimum atomic E-state index is -0.310. The van der Waals surface area contributed by atoms with Crippen molar-refractivity contribution in [2.75, 3.05) is 12.3 Å². The summed E-state index contributed by atoms with van der Waals surface area (Å²) in [5.41, 5.74) is 7.25. The Morgan fingerprint density at radius 3 is 2.79 bits per heavy atom. The Kier molecular flexibility index (Phi) is 3.52. The Morgan fingerprint density at radius 1 is 1.64 bits per heavy atom. The van der Waals surface area contributed by atoms with Crippen LogP contribution in [0.2, 0.25) is 0 Å². The van der Waals surface area contributed by atoms with Gasteiger partial charge < -0.3 is 10.5 Å². The summed E-state index contributed by atoms with van der Waals surface area (Å²) in [6.45, 7) is 6.23. The fourth-order valence-electron chi connectivity index (χ4n) is 1.23. The first-order valence-corrected chi connectivity index (χ1v) is 5.49. The Balaban J connectivity index is 3.04. The van der Waals surface area contributed by atoms with Gasteiger partial charge in [-0.3, -0.25) is 0 Å². The first-order chi connectivity index (χ1) is 6.57. The predicted molar refractivity (Wildman–Crippen MR) is 58.8 cm³/mol. The smallest absolute Gasteiger partial charge is 0.341 e. The number of carbonyl (C=O) groups excluding carboxylic acids is 1. The maximum Gasteiger partial charge on any atom is 0.341 e. The minimum Gasteiger partial charge on any atom is -0.462 e. The number of hydrogen-bond acceptors (Lipinski definition) is 4. The number of thiophene rings is 1. The molecule has 0 aliphatic rings. The van der Waals surface area contributed by atoms with Gasteiger partial charge in [-0.2, -0.15) is 0 Å². The molecule has 1 aromatic heterocycles. The van der Waals surface area contributed by atoms with Crippen LogP contribution in [0.3, 0.4) is 0 Å². The van der Waals surface area contributed by atoms with Gasteiger partial charge in [0.05, 0.1) is 12.2 Å². The number of nitrogen functional groups attached to an aromatic ring is 1. The molecule has 3 nitrogen and oxygen atoms in total. The summed E-state index contributed by atoms with van der Waals surface area (Å²) in [5, 5.41) is 2.47. The molecule has 0 fully saturated rings. The Labute approximate surface area is 87.9 Å². The fourth-order valence-corrected chi connectivity index (χ4v) is 2.20. The average Bonchev–Trinajstić information content (AvgIpc) is 2.47. The quantitative estimate of drug-likeness (QED) is 0.785. The Bertz CT molecular complexity index is 331. The highest BCUT2D eigenvalue weighted by Gasteiger charge is 2.19. The van der Waals surface area contributed by atoms with Crippen molar-refractivity contribution < 1.29 is 9.53 Å². The molecule has 4 heteroatoms. The number of carbonyl (C=O) groups is 1. The molecule has 0 unspecified atom stereocenters. The van der Waals surface area contributed by atoms with Gasteiger partial charge in [0.15, 0.2) is 0 Å². The van der Waals surface area contributed by atoms with Crippen LogP contribution in [0, 0.1) is 0 Å². The number of rotatable bonds is 3. The number of nitrogens with two attached hydrogens (primary N) is 1. The van der Waals surface area contributed by atoms with Gasteiger partial charge in [0.1, 0.15) is 5.00 Å². The molecule has 0 spiro atoms. The molecule has 78 valence electrons. The fraction of sp³-hybridized carbons (Fsp3) is 0.500. The summed E-state index contributed by atoms with van der Waals surface area (Å²) in [6.07, 6.45) is 0. The van der Waals surface area contributed by atoms with E-state index in [2.05, 4.69) is 0 Å². The van der Waals surface area contributed by atoms with E-state index in [0.717, 1.165) is 5.56 Å². The summed E-state index contributed by atoms with van der Waals surface area (Å²) < 4.78 is 4.95. The van der Waals surface area contributed by atoms with Crippen molar-refractivity contribution in [3.63, 3.8) is 0 Å². The van der Waals surface area contributed by atoms with Crippen LogP contribution in [-0.4, -0.2) is 12.6 Å². The average molecular weight is 213 g/mol. The number of anilines is 1. The van der Waals surface area contributed by atoms with E-state index in [1.807, 2.05) is 19.2 Å². The van der Waals surface area contributed by atoms with Crippen molar-refractivity contribution in [1.29, 1.82) is 0 Å². The minimum absolute atomic E-state index is 0.294. The van der Waals surface area contributed by atoms with E-state index in [1.54, 1.807) is 6.92 Å². The van der Waals surface area contributed by atoms with E-state index in [0.29, 0.717) is 23.1 Å². The van der Waals surface area contributed by atoms with Crippen LogP contribution in [0.1, 0.15) is 42.6 Å². The lowest BCUT2D eigenvalue weighted by Crippen LogP contribution is -2.09. The highest BCUT2D eigenvalue weighted by atomic mass is 32.1. The van der Waals surface area contributed by atoms with E-state index < -0.39 is 0 Å². The zero-order valence-electron chi connectivity index (χ0n) is 8.66. The maximum absolute atomic E-state index is 11.6. The van der Waals surface area contributed by atoms with E-state index in [4.69, 9.17) is 10.5 Å². The zero-order valence-corrected chi connectivity index (χ0v) is 9.48. The first kappa shape index (κ1) is 11.0. The third kappa shape index (κ3) is 2.07. The number of esters is 1. The topological polar surface area (TPSA) is 52.3 Å². The second kappa shape index (κ2) is 4.46. The van der Waals surface area contributed by atoms with Gasteiger partial charge in [0.2, 0.25) is 0 Å². The van der Waals surface area contributed by atoms with Crippen molar-refractivity contribution in [2.24, 2.45) is 0 Å². The standard InChI is InChI=1S/C10H15NO2S/c1-4-13-10(12)8-7(6(2)3)5-14-9(8)11/h5-6H,4,11H2,1-3H3. The molecule has 0 aliphatic heterocycles. The maximum atomic E-state index is 11.6. The van der Waals surface area contributed by atoms with Crippen LogP contribution in [-0.2, 0) is 4.74 Å². The van der Waals surface area contributed by atoms with E-state index in [9.17, 15) is 4.79 Å². The lowest BCUT2D eigenvalue weighted by Gasteiger charge is -2.07. The van der Waals surface area contributed by atoms with E-state index >= 15 is 0 Å². The molecule has 0 aromatic carbocycles. The second-order valence-electron chi connectivity index (χ2n) is 3.31. The summed E-state index contributed by atoms with van der Waals surface area (Å²) in [7, 11) is 0. The van der Waals surface area contributed by atoms with Crippen molar-refractivity contribution in [3.05, 3.63) is 16.5 Å². The van der Waals surface area contributed by atoms with Crippen LogP contribution in [0.5, 0.6) is 0 Å². The lowest BCUT2D eigenvalue weighted by molar-refractivity contribution is 0.0526. The molecule has 2 N–H and O–H groups in total. The molecule has 1 heterocycles. The molecule has 0 aliphatic carbocycles. The highest BCUT2D eigenvalue weighted by Crippen LogP contribution is 2.31. The van der Waals surface area contributed by atoms with Crippen LogP contribution in [0.4, 0.5) is 5.00 Å². The Hall–Kier alpha value is -1.03. The third-order valence-electron chi connectivity index (χ3n) is 1.95. The largest absolute Gasteiger partial charge is 0.462 e. The number of hydrogen-bond donors (Lipinski definition) is 1. The molecule has 14 heavy (non-hydrogen) atoms. The van der Waals surface area contributed by atoms with Gasteiger partial charge in [-0.05, 0) is 23.8 Å². The molecule has 0 atom stereocenters.